The lowest BCUT2D eigenvalue weighted by molar-refractivity contribution is -0.134. The number of aromatic nitrogens is 2. The summed E-state index contributed by atoms with van der Waals surface area (Å²) < 4.78 is 42.7. The van der Waals surface area contributed by atoms with Crippen molar-refractivity contribution in [1.29, 1.82) is 0 Å². The Morgan fingerprint density at radius 2 is 1.67 bits per heavy atom. The van der Waals surface area contributed by atoms with Crippen LogP contribution in [-0.2, 0) is 19.4 Å². The third-order valence-electron chi connectivity index (χ3n) is 8.21. The third kappa shape index (κ3) is 10.2. The summed E-state index contributed by atoms with van der Waals surface area (Å²) in [6.07, 6.45) is 1.97. The highest BCUT2D eigenvalue weighted by atomic mass is 19.4. The summed E-state index contributed by atoms with van der Waals surface area (Å²) in [6.45, 7) is 10.2. The van der Waals surface area contributed by atoms with E-state index in [4.69, 9.17) is 4.52 Å². The number of rotatable bonds is 14. The molecular formula is C34H45F3N4O2. The molecule has 1 aromatic heterocycles. The molecule has 0 bridgehead atoms. The number of nitrogens with zero attached hydrogens (tertiary/aromatic N) is 4. The van der Waals surface area contributed by atoms with Crippen molar-refractivity contribution in [2.45, 2.75) is 97.3 Å². The van der Waals surface area contributed by atoms with Crippen molar-refractivity contribution >= 4 is 5.91 Å². The van der Waals surface area contributed by atoms with Crippen LogP contribution in [0.1, 0.15) is 93.1 Å². The second-order valence-corrected chi connectivity index (χ2v) is 12.2. The predicted octanol–water partition coefficient (Wildman–Crippen LogP) is 8.12. The van der Waals surface area contributed by atoms with Crippen LogP contribution < -0.4 is 0 Å². The number of aryl methyl sites for hydroxylation is 2. The fourth-order valence-electron chi connectivity index (χ4n) is 5.50. The van der Waals surface area contributed by atoms with E-state index in [-0.39, 0.29) is 30.1 Å². The summed E-state index contributed by atoms with van der Waals surface area (Å²) in [5, 5.41) is 3.86. The molecule has 6 nitrogen and oxygen atoms in total. The van der Waals surface area contributed by atoms with Crippen LogP contribution in [0.15, 0.2) is 53.1 Å². The molecule has 1 saturated heterocycles. The van der Waals surface area contributed by atoms with E-state index in [1.54, 1.807) is 0 Å². The minimum Gasteiger partial charge on any atom is -0.339 e. The zero-order valence-corrected chi connectivity index (χ0v) is 25.7. The zero-order chi connectivity index (χ0) is 30.8. The van der Waals surface area contributed by atoms with E-state index in [0.29, 0.717) is 23.6 Å². The van der Waals surface area contributed by atoms with Gasteiger partial charge in [0.1, 0.15) is 0 Å². The first-order valence-corrected chi connectivity index (χ1v) is 15.7. The molecule has 0 radical (unpaired) electrons. The smallest absolute Gasteiger partial charge is 0.339 e. The molecule has 9 heteroatoms. The maximum atomic E-state index is 13.9. The summed E-state index contributed by atoms with van der Waals surface area (Å²) >= 11 is 0. The number of hydrogen-bond acceptors (Lipinski definition) is 5. The van der Waals surface area contributed by atoms with Crippen molar-refractivity contribution in [2.75, 3.05) is 19.6 Å². The van der Waals surface area contributed by atoms with Crippen LogP contribution in [0.3, 0.4) is 0 Å². The average molecular weight is 599 g/mol. The van der Waals surface area contributed by atoms with E-state index >= 15 is 0 Å². The molecular weight excluding hydrogens is 553 g/mol. The maximum absolute atomic E-state index is 13.9. The Hall–Kier alpha value is -3.20. The second kappa shape index (κ2) is 15.5. The van der Waals surface area contributed by atoms with Crippen LogP contribution in [0, 0.1) is 5.92 Å². The van der Waals surface area contributed by atoms with Crippen LogP contribution in [0.5, 0.6) is 0 Å². The molecule has 1 amide bonds. The summed E-state index contributed by atoms with van der Waals surface area (Å²) in [5.74, 6) is 0.925. The highest BCUT2D eigenvalue weighted by Gasteiger charge is 2.30. The Labute approximate surface area is 253 Å². The highest BCUT2D eigenvalue weighted by molar-refractivity contribution is 5.94. The van der Waals surface area contributed by atoms with Gasteiger partial charge in [-0.3, -0.25) is 4.79 Å². The number of likely N-dealkylation sites (tertiary alicyclic amines) is 1. The van der Waals surface area contributed by atoms with Gasteiger partial charge in [0.15, 0.2) is 0 Å². The third-order valence-corrected chi connectivity index (χ3v) is 8.21. The Morgan fingerprint density at radius 3 is 2.30 bits per heavy atom. The molecule has 1 aliphatic heterocycles. The average Bonchev–Trinajstić information content (AvgIpc) is 3.48. The van der Waals surface area contributed by atoms with Gasteiger partial charge in [-0.2, -0.15) is 18.2 Å². The number of carbonyl (C=O) groups is 1. The van der Waals surface area contributed by atoms with Gasteiger partial charge in [0.2, 0.25) is 11.7 Å². The summed E-state index contributed by atoms with van der Waals surface area (Å²) in [5.41, 5.74) is 3.59. The number of amides is 1. The van der Waals surface area contributed by atoms with Crippen molar-refractivity contribution in [3.63, 3.8) is 0 Å². The molecule has 234 valence electrons. The second-order valence-electron chi connectivity index (χ2n) is 12.2. The van der Waals surface area contributed by atoms with Crippen molar-refractivity contribution in [1.82, 2.24) is 19.9 Å². The van der Waals surface area contributed by atoms with Gasteiger partial charge in [-0.05, 0) is 67.8 Å². The van der Waals surface area contributed by atoms with Gasteiger partial charge >= 0.3 is 6.18 Å². The van der Waals surface area contributed by atoms with Crippen molar-refractivity contribution in [2.24, 2.45) is 5.92 Å². The number of carbonyl (C=O) groups excluding carboxylic acids is 1. The van der Waals surface area contributed by atoms with E-state index in [0.717, 1.165) is 50.9 Å². The molecule has 43 heavy (non-hydrogen) atoms. The van der Waals surface area contributed by atoms with Crippen molar-refractivity contribution < 1.29 is 22.5 Å². The van der Waals surface area contributed by atoms with Crippen LogP contribution in [0.4, 0.5) is 13.2 Å². The number of benzene rings is 2. The van der Waals surface area contributed by atoms with Crippen LogP contribution >= 0.6 is 0 Å². The van der Waals surface area contributed by atoms with Gasteiger partial charge in [-0.25, -0.2) is 0 Å². The summed E-state index contributed by atoms with van der Waals surface area (Å²) in [4.78, 5) is 22.6. The first kappa shape index (κ1) is 32.7. The molecule has 3 aromatic rings. The first-order chi connectivity index (χ1) is 20.6. The molecule has 0 unspecified atom stereocenters. The van der Waals surface area contributed by atoms with E-state index in [1.807, 2.05) is 41.3 Å². The standard InChI is InChI=1S/C34H45F3N4O2/c1-4-5-6-7-26-8-14-29(15-9-26)33(42)41(30-18-22-40(23-19-30)21-17-25(2)3)24-27-10-12-28(13-11-27)32-38-31(43-39-32)16-20-34(35,36)37/h8-15,25,30H,4-7,16-24H2,1-3H3. The molecule has 4 rings (SSSR count). The van der Waals surface area contributed by atoms with Gasteiger partial charge in [-0.1, -0.05) is 75.2 Å². The topological polar surface area (TPSA) is 62.5 Å². The fraction of sp³-hybridized carbons (Fsp3) is 0.559. The Kier molecular flexibility index (Phi) is 11.8. The van der Waals surface area contributed by atoms with E-state index in [9.17, 15) is 18.0 Å². The van der Waals surface area contributed by atoms with Gasteiger partial charge in [0, 0.05) is 43.2 Å². The van der Waals surface area contributed by atoms with E-state index in [2.05, 4.69) is 47.9 Å². The summed E-state index contributed by atoms with van der Waals surface area (Å²) in [6, 6.07) is 15.7. The van der Waals surface area contributed by atoms with Gasteiger partial charge in [0.25, 0.3) is 5.91 Å². The quantitative estimate of drug-likeness (QED) is 0.175. The fourth-order valence-corrected chi connectivity index (χ4v) is 5.50. The van der Waals surface area contributed by atoms with Gasteiger partial charge in [-0.15, -0.1) is 0 Å². The Balaban J connectivity index is 1.46. The Bertz CT molecular complexity index is 1260. The number of hydrogen-bond donors (Lipinski definition) is 0. The molecule has 0 N–H and O–H groups in total. The molecule has 0 atom stereocenters. The Morgan fingerprint density at radius 1 is 1.00 bits per heavy atom. The molecule has 1 aliphatic rings. The number of alkyl halides is 3. The zero-order valence-electron chi connectivity index (χ0n) is 25.7. The van der Waals surface area contributed by atoms with Crippen LogP contribution in [0.25, 0.3) is 11.4 Å². The van der Waals surface area contributed by atoms with Gasteiger partial charge < -0.3 is 14.3 Å². The lowest BCUT2D eigenvalue weighted by Crippen LogP contribution is -2.47. The predicted molar refractivity (Wildman–Crippen MR) is 163 cm³/mol. The molecule has 0 aliphatic carbocycles. The van der Waals surface area contributed by atoms with Gasteiger partial charge in [0.05, 0.1) is 6.42 Å². The highest BCUT2D eigenvalue weighted by Crippen LogP contribution is 2.25. The SMILES string of the molecule is CCCCCc1ccc(C(=O)N(Cc2ccc(-c3noc(CCC(F)(F)F)n3)cc2)C2CCN(CCC(C)C)CC2)cc1. The molecule has 0 saturated carbocycles. The number of halogens is 3. The summed E-state index contributed by atoms with van der Waals surface area (Å²) in [7, 11) is 0. The molecule has 2 heterocycles. The largest absolute Gasteiger partial charge is 0.389 e. The molecule has 0 spiro atoms. The lowest BCUT2D eigenvalue weighted by Gasteiger charge is -2.39. The van der Waals surface area contributed by atoms with Crippen molar-refractivity contribution in [3.05, 3.63) is 71.1 Å². The number of piperidine rings is 1. The van der Waals surface area contributed by atoms with Crippen LogP contribution in [-0.4, -0.2) is 57.7 Å². The normalized spacial score (nSPS) is 14.9. The monoisotopic (exact) mass is 598 g/mol. The molecule has 1 fully saturated rings. The van der Waals surface area contributed by atoms with Crippen LogP contribution in [0.2, 0.25) is 0 Å². The molecule has 2 aromatic carbocycles. The first-order valence-electron chi connectivity index (χ1n) is 15.7. The minimum absolute atomic E-state index is 0.0377. The van der Waals surface area contributed by atoms with E-state index in [1.165, 1.54) is 24.8 Å². The number of unbranched alkanes of at least 4 members (excludes halogenated alkanes) is 2. The lowest BCUT2D eigenvalue weighted by atomic mass is 9.99. The van der Waals surface area contributed by atoms with Crippen molar-refractivity contribution in [3.8, 4) is 11.4 Å². The maximum Gasteiger partial charge on any atom is 0.389 e. The van der Waals surface area contributed by atoms with E-state index < -0.39 is 12.6 Å². The minimum atomic E-state index is -4.28.